The highest BCUT2D eigenvalue weighted by atomic mass is 35.5. The van der Waals surface area contributed by atoms with E-state index >= 15 is 0 Å². The molecule has 0 radical (unpaired) electrons. The normalized spacial score (nSPS) is 32.7. The quantitative estimate of drug-likeness (QED) is 0.767. The maximum absolute atomic E-state index is 13.4. The van der Waals surface area contributed by atoms with E-state index in [1.807, 2.05) is 10.9 Å². The molecule has 2 bridgehead atoms. The summed E-state index contributed by atoms with van der Waals surface area (Å²) in [6.45, 7) is -0.171. The third-order valence-electron chi connectivity index (χ3n) is 6.21. The first-order valence-electron chi connectivity index (χ1n) is 9.36. The van der Waals surface area contributed by atoms with Crippen molar-refractivity contribution < 1.29 is 19.0 Å². The first-order valence-corrected chi connectivity index (χ1v) is 9.74. The van der Waals surface area contributed by atoms with Gasteiger partial charge in [0.2, 0.25) is 0 Å². The molecule has 0 aliphatic heterocycles. The van der Waals surface area contributed by atoms with Gasteiger partial charge in [-0.15, -0.1) is 5.10 Å². The Morgan fingerprint density at radius 1 is 1.39 bits per heavy atom. The number of hydrogen-bond acceptors (Lipinski definition) is 5. The summed E-state index contributed by atoms with van der Waals surface area (Å²) < 4.78 is 20.6. The summed E-state index contributed by atoms with van der Waals surface area (Å²) in [4.78, 5) is 12.2. The zero-order valence-electron chi connectivity index (χ0n) is 15.1. The van der Waals surface area contributed by atoms with Gasteiger partial charge in [0.1, 0.15) is 11.6 Å². The minimum absolute atomic E-state index is 0.00799. The molecule has 6 rings (SSSR count). The third kappa shape index (κ3) is 2.86. The van der Waals surface area contributed by atoms with E-state index in [2.05, 4.69) is 15.6 Å². The molecule has 28 heavy (non-hydrogen) atoms. The standard InChI is InChI=1S/C19H20ClFN4O3/c20-14-2-1-13(5-15(14)21)28-7-17(27)22-19-8-18(9-19,10-19)16-6-25(24-23-16)11-3-12(26)4-11/h1-2,5-6,11-12,26H,3-4,7-10H2,(H,22,27)/t11-,12+,18?,19?. The Labute approximate surface area is 165 Å². The van der Waals surface area contributed by atoms with Crippen molar-refractivity contribution >= 4 is 17.5 Å². The number of aliphatic hydroxyl groups is 1. The molecule has 2 N–H and O–H groups in total. The van der Waals surface area contributed by atoms with Crippen molar-refractivity contribution in [1.29, 1.82) is 0 Å². The minimum atomic E-state index is -0.578. The van der Waals surface area contributed by atoms with Gasteiger partial charge < -0.3 is 15.2 Å². The Bertz CT molecular complexity index is 923. The summed E-state index contributed by atoms with van der Waals surface area (Å²) in [5.41, 5.74) is 0.786. The molecule has 4 aliphatic rings. The Morgan fingerprint density at radius 2 is 2.14 bits per heavy atom. The van der Waals surface area contributed by atoms with Crippen LogP contribution in [-0.4, -0.2) is 44.3 Å². The molecule has 4 fully saturated rings. The number of nitrogens with one attached hydrogen (secondary N) is 1. The van der Waals surface area contributed by atoms with E-state index in [1.165, 1.54) is 12.1 Å². The van der Waals surface area contributed by atoms with Crippen LogP contribution in [0, 0.1) is 5.82 Å². The Morgan fingerprint density at radius 3 is 2.82 bits per heavy atom. The van der Waals surface area contributed by atoms with E-state index in [0.717, 1.165) is 43.9 Å². The van der Waals surface area contributed by atoms with Crippen molar-refractivity contribution in [2.45, 2.75) is 55.2 Å². The molecule has 2 aromatic rings. The predicted octanol–water partition coefficient (Wildman–Crippen LogP) is 2.14. The van der Waals surface area contributed by atoms with Gasteiger partial charge in [0, 0.05) is 23.2 Å². The van der Waals surface area contributed by atoms with E-state index in [4.69, 9.17) is 16.3 Å². The van der Waals surface area contributed by atoms with Crippen LogP contribution in [0.3, 0.4) is 0 Å². The van der Waals surface area contributed by atoms with Crippen LogP contribution in [0.4, 0.5) is 4.39 Å². The lowest BCUT2D eigenvalue weighted by molar-refractivity contribution is -0.140. The van der Waals surface area contributed by atoms with Crippen LogP contribution in [0.1, 0.15) is 43.8 Å². The fourth-order valence-corrected chi connectivity index (χ4v) is 4.83. The van der Waals surface area contributed by atoms with Crippen molar-refractivity contribution in [3.8, 4) is 5.75 Å². The van der Waals surface area contributed by atoms with Gasteiger partial charge in [-0.1, -0.05) is 16.8 Å². The van der Waals surface area contributed by atoms with Gasteiger partial charge in [-0.25, -0.2) is 9.07 Å². The fourth-order valence-electron chi connectivity index (χ4n) is 4.71. The Kier molecular flexibility index (Phi) is 3.93. The van der Waals surface area contributed by atoms with Gasteiger partial charge in [-0.05, 0) is 44.2 Å². The van der Waals surface area contributed by atoms with Gasteiger partial charge in [0.25, 0.3) is 5.91 Å². The van der Waals surface area contributed by atoms with Crippen molar-refractivity contribution in [3.05, 3.63) is 40.9 Å². The molecular formula is C19H20ClFN4O3. The zero-order valence-corrected chi connectivity index (χ0v) is 15.8. The monoisotopic (exact) mass is 406 g/mol. The summed E-state index contributed by atoms with van der Waals surface area (Å²) in [7, 11) is 0. The largest absolute Gasteiger partial charge is 0.484 e. The Hall–Kier alpha value is -2.19. The van der Waals surface area contributed by atoms with E-state index < -0.39 is 5.82 Å². The molecular weight excluding hydrogens is 387 g/mol. The molecule has 148 valence electrons. The van der Waals surface area contributed by atoms with Crippen LogP contribution in [-0.2, 0) is 10.2 Å². The zero-order chi connectivity index (χ0) is 19.5. The molecule has 1 amide bonds. The van der Waals surface area contributed by atoms with Gasteiger partial charge >= 0.3 is 0 Å². The number of carbonyl (C=O) groups is 1. The van der Waals surface area contributed by atoms with E-state index in [1.54, 1.807) is 0 Å². The van der Waals surface area contributed by atoms with Gasteiger partial charge in [-0.3, -0.25) is 4.79 Å². The fraction of sp³-hybridized carbons (Fsp3) is 0.526. The number of amides is 1. The summed E-state index contributed by atoms with van der Waals surface area (Å²) in [5.74, 6) is -0.537. The summed E-state index contributed by atoms with van der Waals surface area (Å²) in [5, 5.41) is 21.0. The number of nitrogens with zero attached hydrogens (tertiary/aromatic N) is 3. The summed E-state index contributed by atoms with van der Waals surface area (Å²) in [6.07, 6.45) is 5.74. The number of hydrogen-bond donors (Lipinski definition) is 2. The molecule has 0 spiro atoms. The van der Waals surface area contributed by atoms with Gasteiger partial charge in [0.15, 0.2) is 6.61 Å². The highest BCUT2D eigenvalue weighted by molar-refractivity contribution is 6.30. The van der Waals surface area contributed by atoms with Crippen molar-refractivity contribution in [2.75, 3.05) is 6.61 Å². The van der Waals surface area contributed by atoms with Crippen molar-refractivity contribution in [1.82, 2.24) is 20.3 Å². The molecule has 0 atom stereocenters. The smallest absolute Gasteiger partial charge is 0.258 e. The second-order valence-electron chi connectivity index (χ2n) is 8.37. The molecule has 1 aromatic carbocycles. The lowest BCUT2D eigenvalue weighted by atomic mass is 9.38. The van der Waals surface area contributed by atoms with Crippen LogP contribution in [0.15, 0.2) is 24.4 Å². The maximum Gasteiger partial charge on any atom is 0.258 e. The highest BCUT2D eigenvalue weighted by Gasteiger charge is 2.70. The van der Waals surface area contributed by atoms with Crippen LogP contribution in [0.5, 0.6) is 5.75 Å². The van der Waals surface area contributed by atoms with Crippen molar-refractivity contribution in [3.63, 3.8) is 0 Å². The number of carbonyl (C=O) groups excluding carboxylic acids is 1. The van der Waals surface area contributed by atoms with Crippen LogP contribution in [0.2, 0.25) is 5.02 Å². The third-order valence-corrected chi connectivity index (χ3v) is 6.52. The lowest BCUT2D eigenvalue weighted by Gasteiger charge is -2.69. The number of rotatable bonds is 6. The second kappa shape index (κ2) is 6.15. The Balaban J connectivity index is 1.12. The first-order chi connectivity index (χ1) is 13.4. The number of aromatic nitrogens is 3. The summed E-state index contributed by atoms with van der Waals surface area (Å²) >= 11 is 5.63. The van der Waals surface area contributed by atoms with Gasteiger partial charge in [0.05, 0.1) is 22.9 Å². The number of ether oxygens (including phenoxy) is 1. The predicted molar refractivity (Wildman–Crippen MR) is 97.6 cm³/mol. The number of aliphatic hydroxyl groups excluding tert-OH is 1. The highest BCUT2D eigenvalue weighted by Crippen LogP contribution is 2.67. The molecule has 1 aromatic heterocycles. The van der Waals surface area contributed by atoms with Crippen LogP contribution < -0.4 is 10.1 Å². The van der Waals surface area contributed by atoms with Gasteiger partial charge in [-0.2, -0.15) is 0 Å². The van der Waals surface area contributed by atoms with E-state index in [9.17, 15) is 14.3 Å². The summed E-state index contributed by atoms with van der Waals surface area (Å²) in [6, 6.07) is 4.33. The molecule has 4 aliphatic carbocycles. The molecule has 4 saturated carbocycles. The van der Waals surface area contributed by atoms with E-state index in [0.29, 0.717) is 0 Å². The second-order valence-corrected chi connectivity index (χ2v) is 8.77. The van der Waals surface area contributed by atoms with Crippen LogP contribution in [0.25, 0.3) is 0 Å². The maximum atomic E-state index is 13.4. The first kappa shape index (κ1) is 17.9. The number of benzene rings is 1. The van der Waals surface area contributed by atoms with Crippen LogP contribution >= 0.6 is 11.6 Å². The molecule has 1 heterocycles. The molecule has 0 saturated heterocycles. The van der Waals surface area contributed by atoms with E-state index in [-0.39, 0.29) is 46.4 Å². The molecule has 0 unspecified atom stereocenters. The van der Waals surface area contributed by atoms with Crippen molar-refractivity contribution in [2.24, 2.45) is 0 Å². The average Bonchev–Trinajstić information content (AvgIpc) is 3.04. The lowest BCUT2D eigenvalue weighted by Crippen LogP contribution is -2.77. The number of halogens is 2. The average molecular weight is 407 g/mol. The minimum Gasteiger partial charge on any atom is -0.484 e. The molecule has 7 nitrogen and oxygen atoms in total. The SMILES string of the molecule is O=C(COc1ccc(Cl)c(F)c1)NC12CC(c3cn([C@H]4C[C@@H](O)C4)nn3)(C1)C2. The topological polar surface area (TPSA) is 89.3 Å². The molecule has 9 heteroatoms.